The Balaban J connectivity index is 1.57. The van der Waals surface area contributed by atoms with Crippen LogP contribution in [0, 0.1) is 11.6 Å². The lowest BCUT2D eigenvalue weighted by atomic mass is 10.0. The van der Waals surface area contributed by atoms with Gasteiger partial charge in [-0.3, -0.25) is 19.2 Å². The van der Waals surface area contributed by atoms with E-state index in [0.717, 1.165) is 11.6 Å². The van der Waals surface area contributed by atoms with Crippen molar-refractivity contribution in [2.45, 2.75) is 32.2 Å². The first kappa shape index (κ1) is 25.1. The predicted octanol–water partition coefficient (Wildman–Crippen LogP) is 3.16. The zero-order chi connectivity index (χ0) is 27.0. The lowest BCUT2D eigenvalue weighted by Gasteiger charge is -2.36. The molecule has 0 spiro atoms. The number of hydrogen-bond acceptors (Lipinski definition) is 5. The lowest BCUT2D eigenvalue weighted by molar-refractivity contribution is -0.118. The number of ketones is 1. The van der Waals surface area contributed by atoms with Crippen LogP contribution >= 0.6 is 0 Å². The van der Waals surface area contributed by atoms with Gasteiger partial charge in [-0.25, -0.2) is 8.78 Å². The van der Waals surface area contributed by atoms with Crippen LogP contribution in [-0.4, -0.2) is 39.7 Å². The first-order valence-corrected chi connectivity index (χ1v) is 12.0. The summed E-state index contributed by atoms with van der Waals surface area (Å²) in [4.78, 5) is 54.6. The summed E-state index contributed by atoms with van der Waals surface area (Å²) >= 11 is 0. The molecule has 0 unspecified atom stereocenters. The number of halogens is 2. The molecular weight excluding hydrogens is 496 g/mol. The molecule has 2 bridgehead atoms. The number of pyridine rings is 1. The summed E-state index contributed by atoms with van der Waals surface area (Å²) in [7, 11) is 0. The number of hydrogen-bond donors (Lipinski definition) is 1. The lowest BCUT2D eigenvalue weighted by Crippen LogP contribution is -2.49. The molecule has 2 atom stereocenters. The minimum absolute atomic E-state index is 0.0160. The number of fused-ring (bicyclic) bond motifs is 4. The molecule has 0 radical (unpaired) electrons. The van der Waals surface area contributed by atoms with Crippen molar-refractivity contribution >= 4 is 17.6 Å². The largest absolute Gasteiger partial charge is 0.483 e. The van der Waals surface area contributed by atoms with Crippen molar-refractivity contribution in [2.24, 2.45) is 0 Å². The van der Waals surface area contributed by atoms with Crippen LogP contribution in [-0.2, 0) is 17.9 Å². The molecule has 5 rings (SSSR count). The molecule has 38 heavy (non-hydrogen) atoms. The van der Waals surface area contributed by atoms with Gasteiger partial charge >= 0.3 is 0 Å². The van der Waals surface area contributed by atoms with Gasteiger partial charge in [0.2, 0.25) is 5.43 Å². The molecule has 1 aromatic heterocycles. The Morgan fingerprint density at radius 3 is 2.61 bits per heavy atom. The van der Waals surface area contributed by atoms with Crippen LogP contribution in [0.25, 0.3) is 0 Å². The standard InChI is InChI=1S/C28H23F2N3O5/c1-16-7-10-23(34)22-14-32(16)28(37)24-26(38-15-17-5-3-2-4-6-17)25(35)20(13-33(22)24)27(36)31-12-18-8-9-19(29)11-21(18)30/h2-11,13,16,22H,12,14-15H2,1H3,(H,31,36)/t16-,22-/m1/s1. The normalized spacial score (nSPS) is 18.1. The molecule has 2 amide bonds. The van der Waals surface area contributed by atoms with Gasteiger partial charge in [-0.05, 0) is 24.6 Å². The molecule has 0 saturated heterocycles. The third kappa shape index (κ3) is 4.60. The molecule has 3 heterocycles. The Bertz CT molecular complexity index is 1530. The molecular formula is C28H23F2N3O5. The Kier molecular flexibility index (Phi) is 6.62. The highest BCUT2D eigenvalue weighted by Crippen LogP contribution is 2.31. The van der Waals surface area contributed by atoms with Crippen molar-refractivity contribution in [3.63, 3.8) is 0 Å². The van der Waals surface area contributed by atoms with Gasteiger partial charge in [0.15, 0.2) is 17.2 Å². The number of allylic oxidation sites excluding steroid dienone is 1. The van der Waals surface area contributed by atoms with Crippen molar-refractivity contribution < 1.29 is 27.9 Å². The fourth-order valence-electron chi connectivity index (χ4n) is 4.54. The van der Waals surface area contributed by atoms with Gasteiger partial charge in [-0.1, -0.05) is 42.5 Å². The molecule has 0 fully saturated rings. The summed E-state index contributed by atoms with van der Waals surface area (Å²) in [5, 5.41) is 2.46. The van der Waals surface area contributed by atoms with Crippen LogP contribution in [0.5, 0.6) is 5.75 Å². The number of rotatable bonds is 6. The van der Waals surface area contributed by atoms with Crippen molar-refractivity contribution in [3.05, 3.63) is 111 Å². The number of carbonyl (C=O) groups excluding carboxylic acids is 3. The number of nitrogens with one attached hydrogen (secondary N) is 1. The second-order valence-electron chi connectivity index (χ2n) is 9.12. The van der Waals surface area contributed by atoms with E-state index in [1.807, 2.05) is 6.07 Å². The fraction of sp³-hybridized carbons (Fsp3) is 0.214. The van der Waals surface area contributed by atoms with E-state index in [1.54, 1.807) is 37.3 Å². The highest BCUT2D eigenvalue weighted by molar-refractivity contribution is 6.03. The summed E-state index contributed by atoms with van der Waals surface area (Å²) in [6, 6.07) is 10.6. The third-order valence-corrected chi connectivity index (χ3v) is 6.65. The Hall–Kier alpha value is -4.60. The Morgan fingerprint density at radius 1 is 1.11 bits per heavy atom. The minimum atomic E-state index is -0.871. The molecule has 0 aliphatic carbocycles. The fourth-order valence-corrected chi connectivity index (χ4v) is 4.54. The van der Waals surface area contributed by atoms with E-state index >= 15 is 0 Å². The van der Waals surface area contributed by atoms with Crippen LogP contribution in [0.15, 0.2) is 71.7 Å². The number of aromatic nitrogens is 1. The smallest absolute Gasteiger partial charge is 0.275 e. The van der Waals surface area contributed by atoms with E-state index in [-0.39, 0.29) is 48.0 Å². The van der Waals surface area contributed by atoms with E-state index < -0.39 is 41.0 Å². The summed E-state index contributed by atoms with van der Waals surface area (Å²) in [5.74, 6) is -3.63. The Labute approximate surface area is 216 Å². The molecule has 2 aliphatic rings. The first-order chi connectivity index (χ1) is 18.2. The quantitative estimate of drug-likeness (QED) is 0.540. The van der Waals surface area contributed by atoms with Gasteiger partial charge in [-0.15, -0.1) is 0 Å². The maximum absolute atomic E-state index is 14.1. The SMILES string of the molecule is C[C@@H]1C=CC(=O)[C@H]2CN1C(=O)c1c(OCc3ccccc3)c(=O)c(C(=O)NCc3ccc(F)cc3F)cn12. The van der Waals surface area contributed by atoms with E-state index in [0.29, 0.717) is 6.07 Å². The number of amides is 2. The van der Waals surface area contributed by atoms with Crippen LogP contribution in [0.3, 0.4) is 0 Å². The number of carbonyl (C=O) groups is 3. The number of nitrogens with zero attached hydrogens (tertiary/aromatic N) is 2. The monoisotopic (exact) mass is 519 g/mol. The molecule has 2 aliphatic heterocycles. The number of ether oxygens (including phenoxy) is 1. The molecule has 0 saturated carbocycles. The molecule has 8 nitrogen and oxygen atoms in total. The highest BCUT2D eigenvalue weighted by atomic mass is 19.1. The number of benzene rings is 2. The van der Waals surface area contributed by atoms with Crippen LogP contribution in [0.1, 0.15) is 44.9 Å². The maximum atomic E-state index is 14.1. The van der Waals surface area contributed by atoms with E-state index in [9.17, 15) is 28.0 Å². The molecule has 194 valence electrons. The van der Waals surface area contributed by atoms with Crippen LogP contribution < -0.4 is 15.5 Å². The topological polar surface area (TPSA) is 97.7 Å². The zero-order valence-corrected chi connectivity index (χ0v) is 20.3. The van der Waals surface area contributed by atoms with E-state index in [1.165, 1.54) is 27.8 Å². The average Bonchev–Trinajstić information content (AvgIpc) is 3.03. The molecule has 10 heteroatoms. The van der Waals surface area contributed by atoms with Gasteiger partial charge < -0.3 is 19.5 Å². The Morgan fingerprint density at radius 2 is 1.87 bits per heavy atom. The van der Waals surface area contributed by atoms with Crippen LogP contribution in [0.4, 0.5) is 8.78 Å². The maximum Gasteiger partial charge on any atom is 0.275 e. The van der Waals surface area contributed by atoms with Gasteiger partial charge in [0.05, 0.1) is 0 Å². The van der Waals surface area contributed by atoms with Gasteiger partial charge in [-0.2, -0.15) is 0 Å². The molecule has 3 aromatic rings. The van der Waals surface area contributed by atoms with Crippen molar-refractivity contribution in [1.82, 2.24) is 14.8 Å². The second kappa shape index (κ2) is 10.0. The van der Waals surface area contributed by atoms with Crippen molar-refractivity contribution in [1.29, 1.82) is 0 Å². The second-order valence-corrected chi connectivity index (χ2v) is 9.12. The summed E-state index contributed by atoms with van der Waals surface area (Å²) < 4.78 is 34.5. The zero-order valence-electron chi connectivity index (χ0n) is 20.3. The first-order valence-electron chi connectivity index (χ1n) is 12.0. The van der Waals surface area contributed by atoms with Crippen LogP contribution in [0.2, 0.25) is 0 Å². The summed E-state index contributed by atoms with van der Waals surface area (Å²) in [5.41, 5.74) is -0.603. The van der Waals surface area contributed by atoms with E-state index in [2.05, 4.69) is 5.32 Å². The summed E-state index contributed by atoms with van der Waals surface area (Å²) in [6.07, 6.45) is 4.17. The molecule has 2 aromatic carbocycles. The minimum Gasteiger partial charge on any atom is -0.483 e. The average molecular weight is 520 g/mol. The third-order valence-electron chi connectivity index (χ3n) is 6.65. The highest BCUT2D eigenvalue weighted by Gasteiger charge is 2.41. The van der Waals surface area contributed by atoms with Crippen molar-refractivity contribution in [2.75, 3.05) is 6.54 Å². The molecule has 1 N–H and O–H groups in total. The van der Waals surface area contributed by atoms with Gasteiger partial charge in [0, 0.05) is 37.0 Å². The van der Waals surface area contributed by atoms with Gasteiger partial charge in [0.25, 0.3) is 11.8 Å². The summed E-state index contributed by atoms with van der Waals surface area (Å²) in [6.45, 7) is 1.44. The van der Waals surface area contributed by atoms with E-state index in [4.69, 9.17) is 4.74 Å². The predicted molar refractivity (Wildman–Crippen MR) is 133 cm³/mol. The van der Waals surface area contributed by atoms with Crippen molar-refractivity contribution in [3.8, 4) is 5.75 Å². The van der Waals surface area contributed by atoms with Gasteiger partial charge in [0.1, 0.15) is 29.8 Å².